The van der Waals surface area contributed by atoms with E-state index in [1.165, 1.54) is 11.1 Å². The van der Waals surface area contributed by atoms with Crippen LogP contribution >= 0.6 is 0 Å². The number of nitrogens with one attached hydrogen (secondary N) is 1. The minimum atomic E-state index is -0.569. The van der Waals surface area contributed by atoms with Crippen LogP contribution in [0.5, 0.6) is 0 Å². The molecule has 0 aliphatic carbocycles. The highest BCUT2D eigenvalue weighted by molar-refractivity contribution is 5.74. The molecule has 0 bridgehead atoms. The number of amides is 2. The number of hydrogen-bond acceptors (Lipinski definition) is 4. The number of pyridine rings is 1. The van der Waals surface area contributed by atoms with Gasteiger partial charge in [0.1, 0.15) is 0 Å². The number of piperidine rings is 1. The van der Waals surface area contributed by atoms with Crippen LogP contribution in [0.1, 0.15) is 35.6 Å². The van der Waals surface area contributed by atoms with Crippen molar-refractivity contribution in [2.45, 2.75) is 37.8 Å². The first-order chi connectivity index (χ1) is 14.2. The Kier molecular flexibility index (Phi) is 6.42. The monoisotopic (exact) mass is 394 g/mol. The van der Waals surface area contributed by atoms with Gasteiger partial charge in [-0.15, -0.1) is 0 Å². The summed E-state index contributed by atoms with van der Waals surface area (Å²) in [5.41, 5.74) is 3.79. The van der Waals surface area contributed by atoms with E-state index in [0.29, 0.717) is 13.1 Å². The molecule has 0 radical (unpaired) electrons. The van der Waals surface area contributed by atoms with Gasteiger partial charge < -0.3 is 15.3 Å². The summed E-state index contributed by atoms with van der Waals surface area (Å²) in [5, 5.41) is 13.4. The maximum absolute atomic E-state index is 12.6. The number of aliphatic hydroxyl groups is 1. The predicted octanol–water partition coefficient (Wildman–Crippen LogP) is 2.39. The zero-order valence-electron chi connectivity index (χ0n) is 16.8. The van der Waals surface area contributed by atoms with E-state index < -0.39 is 6.10 Å². The lowest BCUT2D eigenvalue weighted by molar-refractivity contribution is 0.102. The Morgan fingerprint density at radius 1 is 1.17 bits per heavy atom. The van der Waals surface area contributed by atoms with Crippen molar-refractivity contribution in [3.63, 3.8) is 0 Å². The van der Waals surface area contributed by atoms with Gasteiger partial charge in [-0.25, -0.2) is 4.79 Å². The molecule has 2 aliphatic heterocycles. The summed E-state index contributed by atoms with van der Waals surface area (Å²) >= 11 is 0. The molecular formula is C23H30N4O2. The second-order valence-corrected chi connectivity index (χ2v) is 8.13. The number of aromatic nitrogens is 1. The third-order valence-corrected chi connectivity index (χ3v) is 5.98. The van der Waals surface area contributed by atoms with Crippen LogP contribution in [0.25, 0.3) is 0 Å². The number of rotatable bonds is 5. The lowest BCUT2D eigenvalue weighted by Crippen LogP contribution is -2.48. The fraction of sp³-hybridized carbons (Fsp3) is 0.478. The number of benzene rings is 1. The summed E-state index contributed by atoms with van der Waals surface area (Å²) in [7, 11) is 0. The molecule has 29 heavy (non-hydrogen) atoms. The van der Waals surface area contributed by atoms with Crippen LogP contribution in [0, 0.1) is 0 Å². The van der Waals surface area contributed by atoms with Crippen LogP contribution in [0.15, 0.2) is 48.7 Å². The molecule has 154 valence electrons. The van der Waals surface area contributed by atoms with Crippen LogP contribution in [-0.4, -0.2) is 64.7 Å². The molecule has 6 heteroatoms. The van der Waals surface area contributed by atoms with Gasteiger partial charge >= 0.3 is 6.03 Å². The fourth-order valence-electron chi connectivity index (χ4n) is 4.41. The molecule has 3 heterocycles. The van der Waals surface area contributed by atoms with Crippen molar-refractivity contribution < 1.29 is 9.90 Å². The van der Waals surface area contributed by atoms with Crippen molar-refractivity contribution in [1.82, 2.24) is 20.1 Å². The number of aliphatic hydroxyl groups excluding tert-OH is 1. The number of nitrogens with zero attached hydrogens (tertiary/aromatic N) is 3. The smallest absolute Gasteiger partial charge is 0.317 e. The first kappa shape index (κ1) is 19.9. The minimum Gasteiger partial charge on any atom is -0.390 e. The predicted molar refractivity (Wildman–Crippen MR) is 113 cm³/mol. The third kappa shape index (κ3) is 5.14. The molecule has 2 atom stereocenters. The van der Waals surface area contributed by atoms with Crippen molar-refractivity contribution in [2.75, 3.05) is 32.7 Å². The van der Waals surface area contributed by atoms with Crippen LogP contribution < -0.4 is 5.32 Å². The van der Waals surface area contributed by atoms with E-state index in [0.717, 1.165) is 44.6 Å². The van der Waals surface area contributed by atoms with Gasteiger partial charge in [-0.2, -0.15) is 0 Å². The zero-order chi connectivity index (χ0) is 20.1. The van der Waals surface area contributed by atoms with E-state index in [1.54, 1.807) is 0 Å². The molecule has 1 aromatic carbocycles. The second kappa shape index (κ2) is 9.37. The molecule has 2 aromatic rings. The molecule has 4 rings (SSSR count). The highest BCUT2D eigenvalue weighted by Crippen LogP contribution is 2.25. The van der Waals surface area contributed by atoms with Gasteiger partial charge in [-0.05, 0) is 42.5 Å². The van der Waals surface area contributed by atoms with E-state index in [4.69, 9.17) is 0 Å². The van der Waals surface area contributed by atoms with Crippen LogP contribution in [0.3, 0.4) is 0 Å². The van der Waals surface area contributed by atoms with E-state index in [9.17, 15) is 9.90 Å². The number of carbonyl (C=O) groups excluding carboxylic acids is 1. The average Bonchev–Trinajstić information content (AvgIpc) is 2.78. The number of β-amino-alcohol motifs (C(OH)–C–C–N with tert-alkyl or cyclic N) is 1. The SMILES string of the molecule is O=C(NC[C@H](O)CN1CCc2ccccc2C1)N1CCC[C@@H](c2ccccn2)C1. The third-order valence-electron chi connectivity index (χ3n) is 5.98. The quantitative estimate of drug-likeness (QED) is 0.817. The largest absolute Gasteiger partial charge is 0.390 e. The Hall–Kier alpha value is -2.44. The molecule has 2 aliphatic rings. The first-order valence-electron chi connectivity index (χ1n) is 10.6. The Morgan fingerprint density at radius 3 is 2.83 bits per heavy atom. The number of carbonyl (C=O) groups is 1. The van der Waals surface area contributed by atoms with Gasteiger partial charge in [0, 0.05) is 57.1 Å². The van der Waals surface area contributed by atoms with Crippen molar-refractivity contribution >= 4 is 6.03 Å². The molecular weight excluding hydrogens is 364 g/mol. The first-order valence-corrected chi connectivity index (χ1v) is 10.6. The lowest BCUT2D eigenvalue weighted by Gasteiger charge is -2.33. The average molecular weight is 395 g/mol. The number of urea groups is 1. The molecule has 0 spiro atoms. The topological polar surface area (TPSA) is 68.7 Å². The Balaban J connectivity index is 1.23. The van der Waals surface area contributed by atoms with Gasteiger partial charge in [0.25, 0.3) is 0 Å². The summed E-state index contributed by atoms with van der Waals surface area (Å²) in [5.74, 6) is 0.286. The van der Waals surface area contributed by atoms with E-state index in [1.807, 2.05) is 29.3 Å². The molecule has 2 N–H and O–H groups in total. The number of fused-ring (bicyclic) bond motifs is 1. The standard InChI is InChI=1S/C23H30N4O2/c28-21(17-26-13-10-18-6-1-2-7-19(18)15-26)14-25-23(29)27-12-5-8-20(16-27)22-9-3-4-11-24-22/h1-4,6-7,9,11,20-21,28H,5,8,10,12-17H2,(H,25,29)/t20-,21+/m1/s1. The molecule has 6 nitrogen and oxygen atoms in total. The molecule has 2 amide bonds. The highest BCUT2D eigenvalue weighted by Gasteiger charge is 2.26. The maximum Gasteiger partial charge on any atom is 0.317 e. The van der Waals surface area contributed by atoms with Crippen LogP contribution in [0.4, 0.5) is 4.79 Å². The highest BCUT2D eigenvalue weighted by atomic mass is 16.3. The number of likely N-dealkylation sites (tertiary alicyclic amines) is 1. The summed E-state index contributed by atoms with van der Waals surface area (Å²) in [6, 6.07) is 14.3. The molecule has 1 saturated heterocycles. The van der Waals surface area contributed by atoms with Crippen molar-refractivity contribution in [3.8, 4) is 0 Å². The Labute approximate surface area is 172 Å². The van der Waals surface area contributed by atoms with Crippen LogP contribution in [0.2, 0.25) is 0 Å². The fourth-order valence-corrected chi connectivity index (χ4v) is 4.41. The van der Waals surface area contributed by atoms with Crippen molar-refractivity contribution in [2.24, 2.45) is 0 Å². The maximum atomic E-state index is 12.6. The summed E-state index contributed by atoms with van der Waals surface area (Å²) in [4.78, 5) is 21.2. The number of hydrogen-bond donors (Lipinski definition) is 2. The van der Waals surface area contributed by atoms with Gasteiger partial charge in [0.05, 0.1) is 6.10 Å². The zero-order valence-corrected chi connectivity index (χ0v) is 16.8. The van der Waals surface area contributed by atoms with E-state index >= 15 is 0 Å². The molecule has 1 aromatic heterocycles. The summed E-state index contributed by atoms with van der Waals surface area (Å²) < 4.78 is 0. The lowest BCUT2D eigenvalue weighted by atomic mass is 9.94. The van der Waals surface area contributed by atoms with Crippen molar-refractivity contribution in [1.29, 1.82) is 0 Å². The van der Waals surface area contributed by atoms with E-state index in [-0.39, 0.29) is 18.5 Å². The second-order valence-electron chi connectivity index (χ2n) is 8.13. The Morgan fingerprint density at radius 2 is 2.00 bits per heavy atom. The summed E-state index contributed by atoms with van der Waals surface area (Å²) in [6.07, 6.45) is 4.28. The Bertz CT molecular complexity index is 814. The van der Waals surface area contributed by atoms with Crippen molar-refractivity contribution in [3.05, 3.63) is 65.5 Å². The van der Waals surface area contributed by atoms with Gasteiger partial charge in [-0.1, -0.05) is 30.3 Å². The molecule has 0 unspecified atom stereocenters. The van der Waals surface area contributed by atoms with Gasteiger partial charge in [0.2, 0.25) is 0 Å². The molecule has 0 saturated carbocycles. The van der Waals surface area contributed by atoms with Gasteiger partial charge in [0.15, 0.2) is 0 Å². The molecule has 1 fully saturated rings. The van der Waals surface area contributed by atoms with E-state index in [2.05, 4.69) is 39.5 Å². The normalized spacial score (nSPS) is 20.7. The van der Waals surface area contributed by atoms with Crippen LogP contribution in [-0.2, 0) is 13.0 Å². The van der Waals surface area contributed by atoms with Gasteiger partial charge in [-0.3, -0.25) is 9.88 Å². The minimum absolute atomic E-state index is 0.0892. The summed E-state index contributed by atoms with van der Waals surface area (Å²) in [6.45, 7) is 4.10.